The number of aliphatic hydroxyl groups excluding tert-OH is 1. The quantitative estimate of drug-likeness (QED) is 0.602. The fourth-order valence-electron chi connectivity index (χ4n) is 1.69. The van der Waals surface area contributed by atoms with Crippen molar-refractivity contribution in [1.29, 1.82) is 0 Å². The molecular weight excluding hydrogens is 228 g/mol. The summed E-state index contributed by atoms with van der Waals surface area (Å²) < 4.78 is 0. The van der Waals surface area contributed by atoms with Crippen molar-refractivity contribution < 1.29 is 9.90 Å². The molecule has 98 valence electrons. The summed E-state index contributed by atoms with van der Waals surface area (Å²) in [5.41, 5.74) is 0.0537. The molecule has 0 aromatic carbocycles. The van der Waals surface area contributed by atoms with Gasteiger partial charge in [0, 0.05) is 13.2 Å². The molecular formula is C11H25ClN2O2. The zero-order valence-electron chi connectivity index (χ0n) is 10.5. The Morgan fingerprint density at radius 3 is 2.25 bits per heavy atom. The zero-order valence-corrected chi connectivity index (χ0v) is 11.3. The van der Waals surface area contributed by atoms with Crippen molar-refractivity contribution in [2.24, 2.45) is 5.41 Å². The highest BCUT2D eigenvalue weighted by molar-refractivity contribution is 5.85. The molecule has 5 heteroatoms. The molecule has 4 nitrogen and oxygen atoms in total. The van der Waals surface area contributed by atoms with Gasteiger partial charge in [0.2, 0.25) is 5.91 Å². The summed E-state index contributed by atoms with van der Waals surface area (Å²) in [6.07, 6.45) is 2.70. The highest BCUT2D eigenvalue weighted by Gasteiger charge is 2.25. The minimum Gasteiger partial charge on any atom is -0.396 e. The first-order chi connectivity index (χ1) is 7.14. The average Bonchev–Trinajstić information content (AvgIpc) is 2.25. The average molecular weight is 253 g/mol. The number of aliphatic hydroxyl groups is 1. The maximum atomic E-state index is 11.3. The lowest BCUT2D eigenvalue weighted by Gasteiger charge is -2.31. The van der Waals surface area contributed by atoms with Crippen LogP contribution in [0.5, 0.6) is 0 Å². The Bertz CT molecular complexity index is 185. The summed E-state index contributed by atoms with van der Waals surface area (Å²) in [5.74, 6) is 0.0155. The summed E-state index contributed by atoms with van der Waals surface area (Å²) >= 11 is 0. The monoisotopic (exact) mass is 252 g/mol. The molecule has 0 spiro atoms. The molecule has 0 fully saturated rings. The van der Waals surface area contributed by atoms with E-state index in [1.54, 1.807) is 7.05 Å². The topological polar surface area (TPSA) is 61.4 Å². The first-order valence-corrected chi connectivity index (χ1v) is 5.66. The summed E-state index contributed by atoms with van der Waals surface area (Å²) in [5, 5.41) is 14.7. The highest BCUT2D eigenvalue weighted by atomic mass is 35.5. The van der Waals surface area contributed by atoms with Crippen molar-refractivity contribution in [2.45, 2.75) is 33.1 Å². The minimum atomic E-state index is 0. The van der Waals surface area contributed by atoms with Crippen LogP contribution < -0.4 is 10.6 Å². The van der Waals surface area contributed by atoms with Crippen LogP contribution in [0.3, 0.4) is 0 Å². The van der Waals surface area contributed by atoms with Gasteiger partial charge in [0.15, 0.2) is 0 Å². The third-order valence-electron chi connectivity index (χ3n) is 3.14. The van der Waals surface area contributed by atoms with Crippen molar-refractivity contribution in [3.8, 4) is 0 Å². The van der Waals surface area contributed by atoms with E-state index in [1.165, 1.54) is 0 Å². The molecule has 16 heavy (non-hydrogen) atoms. The Kier molecular flexibility index (Phi) is 11.1. The van der Waals surface area contributed by atoms with Crippen LogP contribution in [0.15, 0.2) is 0 Å². The molecule has 0 saturated carbocycles. The van der Waals surface area contributed by atoms with Crippen molar-refractivity contribution in [3.05, 3.63) is 0 Å². The number of halogens is 1. The molecule has 0 aliphatic heterocycles. The predicted molar refractivity (Wildman–Crippen MR) is 68.9 cm³/mol. The molecule has 0 bridgehead atoms. The zero-order chi connectivity index (χ0) is 11.7. The number of carbonyl (C=O) groups is 1. The Morgan fingerprint density at radius 1 is 1.31 bits per heavy atom. The van der Waals surface area contributed by atoms with Gasteiger partial charge in [-0.05, 0) is 31.7 Å². The minimum absolute atomic E-state index is 0. The van der Waals surface area contributed by atoms with Crippen LogP contribution in [0.1, 0.15) is 33.1 Å². The molecule has 0 atom stereocenters. The van der Waals surface area contributed by atoms with Crippen molar-refractivity contribution >= 4 is 18.3 Å². The Hall–Kier alpha value is -0.320. The molecule has 0 aliphatic rings. The van der Waals surface area contributed by atoms with Gasteiger partial charge in [0.05, 0.1) is 6.54 Å². The fourth-order valence-corrected chi connectivity index (χ4v) is 1.69. The molecule has 0 aromatic heterocycles. The Labute approximate surface area is 105 Å². The molecule has 0 unspecified atom stereocenters. The van der Waals surface area contributed by atoms with Crippen molar-refractivity contribution in [2.75, 3.05) is 26.7 Å². The van der Waals surface area contributed by atoms with E-state index in [4.69, 9.17) is 5.11 Å². The molecule has 0 heterocycles. The van der Waals surface area contributed by atoms with E-state index in [1.807, 2.05) is 0 Å². The highest BCUT2D eigenvalue weighted by Crippen LogP contribution is 2.29. The first-order valence-electron chi connectivity index (χ1n) is 5.66. The van der Waals surface area contributed by atoms with Crippen LogP contribution in [0.25, 0.3) is 0 Å². The lowest BCUT2D eigenvalue weighted by Crippen LogP contribution is -2.40. The van der Waals surface area contributed by atoms with Crippen LogP contribution in [-0.4, -0.2) is 37.8 Å². The van der Waals surface area contributed by atoms with Gasteiger partial charge >= 0.3 is 0 Å². The smallest absolute Gasteiger partial charge is 0.233 e. The lowest BCUT2D eigenvalue weighted by atomic mass is 9.79. The first kappa shape index (κ1) is 18.1. The summed E-state index contributed by atoms with van der Waals surface area (Å²) in [7, 11) is 1.75. The molecule has 3 N–H and O–H groups in total. The van der Waals surface area contributed by atoms with Gasteiger partial charge in [-0.15, -0.1) is 12.4 Å². The lowest BCUT2D eigenvalue weighted by molar-refractivity contribution is -0.120. The van der Waals surface area contributed by atoms with E-state index in [9.17, 15) is 4.79 Å². The number of carbonyl (C=O) groups excluding carboxylic acids is 1. The fraction of sp³-hybridized carbons (Fsp3) is 0.909. The largest absolute Gasteiger partial charge is 0.396 e. The van der Waals surface area contributed by atoms with Gasteiger partial charge in [-0.3, -0.25) is 4.79 Å². The SMILES string of the molecule is CCC(CC)(CCO)CNC(=O)CNC.Cl. The number of nitrogens with one attached hydrogen (secondary N) is 2. The van der Waals surface area contributed by atoms with Gasteiger partial charge in [-0.1, -0.05) is 13.8 Å². The Morgan fingerprint density at radius 2 is 1.88 bits per heavy atom. The van der Waals surface area contributed by atoms with Crippen LogP contribution in [-0.2, 0) is 4.79 Å². The Balaban J connectivity index is 0. The van der Waals surface area contributed by atoms with Gasteiger partial charge in [0.25, 0.3) is 0 Å². The van der Waals surface area contributed by atoms with E-state index in [0.29, 0.717) is 13.1 Å². The van der Waals surface area contributed by atoms with Crippen LogP contribution in [0.4, 0.5) is 0 Å². The number of rotatable bonds is 8. The van der Waals surface area contributed by atoms with Crippen molar-refractivity contribution in [1.82, 2.24) is 10.6 Å². The van der Waals surface area contributed by atoms with Crippen molar-refractivity contribution in [3.63, 3.8) is 0 Å². The molecule has 0 aliphatic carbocycles. The van der Waals surface area contributed by atoms with Gasteiger partial charge in [-0.2, -0.15) is 0 Å². The second-order valence-electron chi connectivity index (χ2n) is 3.99. The number of likely N-dealkylation sites (N-methyl/N-ethyl adjacent to an activating group) is 1. The van der Waals surface area contributed by atoms with Crippen LogP contribution in [0, 0.1) is 5.41 Å². The third kappa shape index (κ3) is 6.30. The van der Waals surface area contributed by atoms with E-state index in [2.05, 4.69) is 24.5 Å². The van der Waals surface area contributed by atoms with E-state index >= 15 is 0 Å². The van der Waals surface area contributed by atoms with E-state index < -0.39 is 0 Å². The van der Waals surface area contributed by atoms with Gasteiger partial charge in [0.1, 0.15) is 0 Å². The molecule has 1 amide bonds. The van der Waals surface area contributed by atoms with E-state index in [0.717, 1.165) is 19.3 Å². The van der Waals surface area contributed by atoms with Gasteiger partial charge in [-0.25, -0.2) is 0 Å². The van der Waals surface area contributed by atoms with Crippen LogP contribution in [0.2, 0.25) is 0 Å². The normalized spacial score (nSPS) is 10.8. The summed E-state index contributed by atoms with van der Waals surface area (Å²) in [6.45, 7) is 5.39. The van der Waals surface area contributed by atoms with Crippen LogP contribution >= 0.6 is 12.4 Å². The second-order valence-corrected chi connectivity index (χ2v) is 3.99. The maximum absolute atomic E-state index is 11.3. The van der Waals surface area contributed by atoms with E-state index in [-0.39, 0.29) is 30.3 Å². The van der Waals surface area contributed by atoms with Gasteiger partial charge < -0.3 is 15.7 Å². The number of hydrogen-bond acceptors (Lipinski definition) is 3. The second kappa shape index (κ2) is 9.87. The molecule has 0 saturated heterocycles. The molecule has 0 radical (unpaired) electrons. The third-order valence-corrected chi connectivity index (χ3v) is 3.14. The summed E-state index contributed by atoms with van der Waals surface area (Å²) in [6, 6.07) is 0. The predicted octanol–water partition coefficient (Wildman–Crippen LogP) is 0.933. The number of hydrogen-bond donors (Lipinski definition) is 3. The standard InChI is InChI=1S/C11H24N2O2.ClH/c1-4-11(5-2,6-7-14)9-13-10(15)8-12-3;/h12,14H,4-9H2,1-3H3,(H,13,15);1H. The maximum Gasteiger partial charge on any atom is 0.233 e. The molecule has 0 rings (SSSR count). The summed E-state index contributed by atoms with van der Waals surface area (Å²) in [4.78, 5) is 11.3. The molecule has 0 aromatic rings. The number of amides is 1.